The van der Waals surface area contributed by atoms with Crippen LogP contribution < -0.4 is 5.32 Å². The second-order valence-corrected chi connectivity index (χ2v) is 6.91. The normalized spacial score (nSPS) is 14.1. The van der Waals surface area contributed by atoms with Crippen molar-refractivity contribution in [3.05, 3.63) is 59.7 Å². The van der Waals surface area contributed by atoms with Gasteiger partial charge in [0.05, 0.1) is 30.2 Å². The van der Waals surface area contributed by atoms with Crippen molar-refractivity contribution in [2.75, 3.05) is 37.4 Å². The van der Waals surface area contributed by atoms with E-state index in [0.717, 1.165) is 23.9 Å². The van der Waals surface area contributed by atoms with Crippen LogP contribution in [-0.2, 0) is 9.53 Å². The van der Waals surface area contributed by atoms with E-state index in [-0.39, 0.29) is 17.6 Å². The highest BCUT2D eigenvalue weighted by Crippen LogP contribution is 2.22. The van der Waals surface area contributed by atoms with E-state index in [4.69, 9.17) is 4.74 Å². The molecule has 0 saturated carbocycles. The number of anilines is 1. The van der Waals surface area contributed by atoms with Crippen LogP contribution in [0.2, 0.25) is 0 Å². The van der Waals surface area contributed by atoms with Crippen LogP contribution in [-0.4, -0.2) is 48.8 Å². The molecule has 1 aliphatic heterocycles. The molecular weight excluding hydrogens is 374 g/mol. The predicted molar refractivity (Wildman–Crippen MR) is 98.9 cm³/mol. The maximum atomic E-state index is 13.2. The predicted octanol–water partition coefficient (Wildman–Crippen LogP) is 3.17. The van der Waals surface area contributed by atoms with Gasteiger partial charge in [-0.15, -0.1) is 11.8 Å². The third-order valence-electron chi connectivity index (χ3n) is 3.99. The number of carbonyl (C=O) groups is 2. The molecule has 1 N–H and O–H groups in total. The molecule has 0 spiro atoms. The topological polar surface area (TPSA) is 58.6 Å². The number of ether oxygens (including phenoxy) is 1. The van der Waals surface area contributed by atoms with Crippen molar-refractivity contribution in [2.45, 2.75) is 4.90 Å². The highest BCUT2D eigenvalue weighted by Gasteiger charge is 2.21. The number of thioether (sulfide) groups is 1. The fraction of sp³-hybridized carbons (Fsp3) is 0.263. The molecule has 3 rings (SSSR count). The minimum Gasteiger partial charge on any atom is -0.378 e. The van der Waals surface area contributed by atoms with Crippen molar-refractivity contribution in [2.24, 2.45) is 0 Å². The number of hydrogen-bond acceptors (Lipinski definition) is 4. The Morgan fingerprint density at radius 2 is 1.81 bits per heavy atom. The number of rotatable bonds is 5. The molecule has 1 heterocycles. The van der Waals surface area contributed by atoms with Crippen molar-refractivity contribution in [3.8, 4) is 0 Å². The Morgan fingerprint density at radius 1 is 1.07 bits per heavy atom. The molecule has 1 fully saturated rings. The highest BCUT2D eigenvalue weighted by molar-refractivity contribution is 8.00. The van der Waals surface area contributed by atoms with Gasteiger partial charge in [-0.25, -0.2) is 8.78 Å². The molecule has 5 nitrogen and oxygen atoms in total. The van der Waals surface area contributed by atoms with Gasteiger partial charge in [-0.1, -0.05) is 12.1 Å². The third-order valence-corrected chi connectivity index (χ3v) is 4.98. The fourth-order valence-electron chi connectivity index (χ4n) is 2.62. The number of morpholine rings is 1. The van der Waals surface area contributed by atoms with Gasteiger partial charge in [0, 0.05) is 18.0 Å². The molecule has 1 saturated heterocycles. The summed E-state index contributed by atoms with van der Waals surface area (Å²) in [6.07, 6.45) is 0. The largest absolute Gasteiger partial charge is 0.378 e. The van der Waals surface area contributed by atoms with Gasteiger partial charge < -0.3 is 15.0 Å². The van der Waals surface area contributed by atoms with E-state index >= 15 is 0 Å². The molecular formula is C19H18F2N2O3S. The summed E-state index contributed by atoms with van der Waals surface area (Å²) in [4.78, 5) is 27.1. The first-order chi connectivity index (χ1) is 13.0. The average molecular weight is 392 g/mol. The van der Waals surface area contributed by atoms with Crippen LogP contribution in [0.3, 0.4) is 0 Å². The van der Waals surface area contributed by atoms with Crippen LogP contribution in [0.4, 0.5) is 14.5 Å². The van der Waals surface area contributed by atoms with Crippen LogP contribution in [0.25, 0.3) is 0 Å². The van der Waals surface area contributed by atoms with Crippen LogP contribution in [0.1, 0.15) is 10.4 Å². The van der Waals surface area contributed by atoms with Crippen molar-refractivity contribution in [3.63, 3.8) is 0 Å². The van der Waals surface area contributed by atoms with Crippen molar-refractivity contribution in [1.82, 2.24) is 4.90 Å². The summed E-state index contributed by atoms with van der Waals surface area (Å²) in [5.41, 5.74) is 0.829. The summed E-state index contributed by atoms with van der Waals surface area (Å²) >= 11 is 1.08. The summed E-state index contributed by atoms with van der Waals surface area (Å²) in [6.45, 7) is 2.00. The molecule has 0 bridgehead atoms. The number of carbonyl (C=O) groups excluding carboxylic acids is 2. The first kappa shape index (κ1) is 19.3. The van der Waals surface area contributed by atoms with Crippen LogP contribution in [0.15, 0.2) is 47.4 Å². The van der Waals surface area contributed by atoms with E-state index < -0.39 is 11.6 Å². The fourth-order valence-corrected chi connectivity index (χ4v) is 3.34. The molecule has 0 aliphatic carbocycles. The van der Waals surface area contributed by atoms with Gasteiger partial charge >= 0.3 is 0 Å². The Morgan fingerprint density at radius 3 is 2.56 bits per heavy atom. The quantitative estimate of drug-likeness (QED) is 0.794. The molecule has 2 amide bonds. The van der Waals surface area contributed by atoms with Crippen LogP contribution in [0, 0.1) is 11.6 Å². The van der Waals surface area contributed by atoms with Gasteiger partial charge in [-0.2, -0.15) is 0 Å². The molecule has 2 aromatic carbocycles. The smallest absolute Gasteiger partial charge is 0.256 e. The zero-order valence-corrected chi connectivity index (χ0v) is 15.2. The summed E-state index contributed by atoms with van der Waals surface area (Å²) < 4.78 is 31.4. The minimum absolute atomic E-state index is 0.00511. The number of para-hydroxylation sites is 1. The van der Waals surface area contributed by atoms with Crippen LogP contribution in [0.5, 0.6) is 0 Å². The van der Waals surface area contributed by atoms with Crippen LogP contribution >= 0.6 is 11.8 Å². The first-order valence-electron chi connectivity index (χ1n) is 8.38. The number of nitrogens with one attached hydrogen (secondary N) is 1. The van der Waals surface area contributed by atoms with E-state index in [9.17, 15) is 18.4 Å². The lowest BCUT2D eigenvalue weighted by Crippen LogP contribution is -2.41. The van der Waals surface area contributed by atoms with Gasteiger partial charge in [-0.05, 0) is 30.3 Å². The molecule has 27 heavy (non-hydrogen) atoms. The van der Waals surface area contributed by atoms with Gasteiger partial charge in [0.25, 0.3) is 5.91 Å². The maximum absolute atomic E-state index is 13.2. The SMILES string of the molecule is O=C(CSc1ccc(F)c(F)c1)Nc1ccccc1C(=O)N1CCOCC1. The number of benzene rings is 2. The minimum atomic E-state index is -0.957. The van der Waals surface area contributed by atoms with Crippen molar-refractivity contribution in [1.29, 1.82) is 0 Å². The summed E-state index contributed by atoms with van der Waals surface area (Å²) in [5.74, 6) is -2.39. The second kappa shape index (κ2) is 8.96. The lowest BCUT2D eigenvalue weighted by molar-refractivity contribution is -0.113. The molecule has 1 aliphatic rings. The highest BCUT2D eigenvalue weighted by atomic mass is 32.2. The van der Waals surface area contributed by atoms with E-state index in [1.54, 1.807) is 29.2 Å². The van der Waals surface area contributed by atoms with E-state index in [2.05, 4.69) is 5.32 Å². The molecule has 0 aromatic heterocycles. The summed E-state index contributed by atoms with van der Waals surface area (Å²) in [6, 6.07) is 10.3. The third kappa shape index (κ3) is 5.05. The summed E-state index contributed by atoms with van der Waals surface area (Å²) in [5, 5.41) is 2.72. The van der Waals surface area contributed by atoms with E-state index in [0.29, 0.717) is 42.4 Å². The van der Waals surface area contributed by atoms with Gasteiger partial charge in [0.15, 0.2) is 11.6 Å². The zero-order valence-electron chi connectivity index (χ0n) is 14.4. The Labute approximate surface area is 159 Å². The van der Waals surface area contributed by atoms with Gasteiger partial charge in [-0.3, -0.25) is 9.59 Å². The summed E-state index contributed by atoms with van der Waals surface area (Å²) in [7, 11) is 0. The lowest BCUT2D eigenvalue weighted by Gasteiger charge is -2.27. The average Bonchev–Trinajstić information content (AvgIpc) is 2.69. The molecule has 0 unspecified atom stereocenters. The molecule has 8 heteroatoms. The monoisotopic (exact) mass is 392 g/mol. The molecule has 2 aromatic rings. The number of nitrogens with zero attached hydrogens (tertiary/aromatic N) is 1. The van der Waals surface area contributed by atoms with Crippen molar-refractivity contribution >= 4 is 29.3 Å². The van der Waals surface area contributed by atoms with Crippen molar-refractivity contribution < 1.29 is 23.1 Å². The number of amides is 2. The maximum Gasteiger partial charge on any atom is 0.256 e. The Balaban J connectivity index is 1.63. The Bertz CT molecular complexity index is 841. The van der Waals surface area contributed by atoms with Gasteiger partial charge in [0.1, 0.15) is 0 Å². The number of hydrogen-bond donors (Lipinski definition) is 1. The zero-order chi connectivity index (χ0) is 19.2. The van der Waals surface area contributed by atoms with E-state index in [1.165, 1.54) is 6.07 Å². The van der Waals surface area contributed by atoms with Gasteiger partial charge in [0.2, 0.25) is 5.91 Å². The lowest BCUT2D eigenvalue weighted by atomic mass is 10.1. The Kier molecular flexibility index (Phi) is 6.41. The number of halogens is 2. The molecule has 0 radical (unpaired) electrons. The Hall–Kier alpha value is -2.45. The molecule has 0 atom stereocenters. The standard InChI is InChI=1S/C19H18F2N2O3S/c20-15-6-5-13(11-16(15)21)27-12-18(24)22-17-4-2-1-3-14(17)19(25)23-7-9-26-10-8-23/h1-6,11H,7-10,12H2,(H,22,24). The second-order valence-electron chi connectivity index (χ2n) is 5.86. The molecule has 142 valence electrons. The first-order valence-corrected chi connectivity index (χ1v) is 9.37. The van der Waals surface area contributed by atoms with E-state index in [1.807, 2.05) is 0 Å².